The van der Waals surface area contributed by atoms with E-state index in [0.717, 1.165) is 19.4 Å². The molecule has 0 aromatic carbocycles. The number of aliphatic hydroxyl groups is 1. The molecule has 0 amide bonds. The van der Waals surface area contributed by atoms with Crippen LogP contribution in [0.2, 0.25) is 0 Å². The Morgan fingerprint density at radius 3 is 2.50 bits per heavy atom. The largest absolute Gasteiger partial charge is 0.393 e. The van der Waals surface area contributed by atoms with Crippen molar-refractivity contribution >= 4 is 0 Å². The Labute approximate surface area is 75.7 Å². The predicted molar refractivity (Wildman–Crippen MR) is 53.2 cm³/mol. The molecule has 2 nitrogen and oxygen atoms in total. The van der Waals surface area contributed by atoms with Gasteiger partial charge >= 0.3 is 0 Å². The van der Waals surface area contributed by atoms with Crippen molar-refractivity contribution < 1.29 is 5.11 Å². The van der Waals surface area contributed by atoms with Crippen LogP contribution in [0.3, 0.4) is 0 Å². The topological polar surface area (TPSA) is 32.3 Å². The Hall–Kier alpha value is -0.340. The molecule has 0 aromatic rings. The first-order valence-corrected chi connectivity index (χ1v) is 4.64. The van der Waals surface area contributed by atoms with E-state index < -0.39 is 0 Å². The standard InChI is InChI=1S/C10H21NO/c1-5-8(2)7-11-9(3)6-10(4)12/h9-12H,2,5-7H2,1,3-4H3. The number of aliphatic hydroxyl groups excluding tert-OH is 1. The lowest BCUT2D eigenvalue weighted by Crippen LogP contribution is -2.30. The number of nitrogens with one attached hydrogen (secondary N) is 1. The number of hydrogen-bond donors (Lipinski definition) is 2. The Morgan fingerprint density at radius 2 is 2.08 bits per heavy atom. The van der Waals surface area contributed by atoms with Crippen LogP contribution >= 0.6 is 0 Å². The summed E-state index contributed by atoms with van der Waals surface area (Å²) in [6, 6.07) is 0.369. The van der Waals surface area contributed by atoms with E-state index >= 15 is 0 Å². The zero-order chi connectivity index (χ0) is 9.56. The normalized spacial score (nSPS) is 15.7. The molecule has 2 atom stereocenters. The number of rotatable bonds is 6. The van der Waals surface area contributed by atoms with Gasteiger partial charge in [0, 0.05) is 12.6 Å². The lowest BCUT2D eigenvalue weighted by Gasteiger charge is -2.15. The lowest BCUT2D eigenvalue weighted by molar-refractivity contribution is 0.171. The Kier molecular flexibility index (Phi) is 6.03. The third-order valence-corrected chi connectivity index (χ3v) is 1.90. The molecule has 0 bridgehead atoms. The quantitative estimate of drug-likeness (QED) is 0.596. The molecule has 0 heterocycles. The van der Waals surface area contributed by atoms with Crippen molar-refractivity contribution in [3.05, 3.63) is 12.2 Å². The van der Waals surface area contributed by atoms with Gasteiger partial charge in [-0.05, 0) is 26.7 Å². The van der Waals surface area contributed by atoms with Crippen molar-refractivity contribution in [2.24, 2.45) is 0 Å². The summed E-state index contributed by atoms with van der Waals surface area (Å²) in [5, 5.41) is 12.4. The zero-order valence-corrected chi connectivity index (χ0v) is 8.43. The second kappa shape index (κ2) is 6.21. The molecule has 0 aliphatic rings. The second-order valence-corrected chi connectivity index (χ2v) is 3.47. The molecule has 72 valence electrons. The van der Waals surface area contributed by atoms with Crippen molar-refractivity contribution in [2.75, 3.05) is 6.54 Å². The van der Waals surface area contributed by atoms with Gasteiger partial charge in [-0.3, -0.25) is 0 Å². The molecule has 0 saturated carbocycles. The van der Waals surface area contributed by atoms with Gasteiger partial charge in [-0.25, -0.2) is 0 Å². The average molecular weight is 171 g/mol. The van der Waals surface area contributed by atoms with Gasteiger partial charge in [-0.2, -0.15) is 0 Å². The van der Waals surface area contributed by atoms with Crippen molar-refractivity contribution in [3.63, 3.8) is 0 Å². The molecule has 0 rings (SSSR count). The Morgan fingerprint density at radius 1 is 1.50 bits per heavy atom. The first-order chi connectivity index (χ1) is 5.56. The molecular weight excluding hydrogens is 150 g/mol. The molecule has 2 unspecified atom stereocenters. The Balaban J connectivity index is 3.43. The first-order valence-electron chi connectivity index (χ1n) is 4.64. The van der Waals surface area contributed by atoms with Crippen LogP contribution in [0.25, 0.3) is 0 Å². The number of hydrogen-bond acceptors (Lipinski definition) is 2. The molecular formula is C10H21NO. The van der Waals surface area contributed by atoms with Crippen LogP contribution in [-0.2, 0) is 0 Å². The van der Waals surface area contributed by atoms with Crippen LogP contribution in [0, 0.1) is 0 Å². The van der Waals surface area contributed by atoms with Gasteiger partial charge in [-0.1, -0.05) is 19.1 Å². The van der Waals surface area contributed by atoms with Crippen LogP contribution in [0.1, 0.15) is 33.6 Å². The maximum Gasteiger partial charge on any atom is 0.0526 e. The van der Waals surface area contributed by atoms with Gasteiger partial charge < -0.3 is 10.4 Å². The van der Waals surface area contributed by atoms with E-state index in [4.69, 9.17) is 5.11 Å². The van der Waals surface area contributed by atoms with Gasteiger partial charge in [-0.15, -0.1) is 0 Å². The minimum Gasteiger partial charge on any atom is -0.393 e. The smallest absolute Gasteiger partial charge is 0.0526 e. The fourth-order valence-corrected chi connectivity index (χ4v) is 1.04. The summed E-state index contributed by atoms with van der Waals surface area (Å²) in [6.45, 7) is 10.8. The van der Waals surface area contributed by atoms with Crippen LogP contribution in [0.4, 0.5) is 0 Å². The summed E-state index contributed by atoms with van der Waals surface area (Å²) in [6.07, 6.45) is 1.60. The van der Waals surface area contributed by atoms with E-state index in [9.17, 15) is 0 Å². The summed E-state index contributed by atoms with van der Waals surface area (Å²) >= 11 is 0. The van der Waals surface area contributed by atoms with Crippen LogP contribution in [0.5, 0.6) is 0 Å². The van der Waals surface area contributed by atoms with Crippen LogP contribution in [0.15, 0.2) is 12.2 Å². The summed E-state index contributed by atoms with van der Waals surface area (Å²) in [5.74, 6) is 0. The molecule has 0 saturated heterocycles. The van der Waals surface area contributed by atoms with Crippen molar-refractivity contribution in [2.45, 2.75) is 45.8 Å². The molecule has 2 N–H and O–H groups in total. The molecule has 0 aliphatic carbocycles. The zero-order valence-electron chi connectivity index (χ0n) is 8.43. The van der Waals surface area contributed by atoms with E-state index in [1.807, 2.05) is 6.92 Å². The average Bonchev–Trinajstić information content (AvgIpc) is 1.99. The van der Waals surface area contributed by atoms with Gasteiger partial charge in [0.2, 0.25) is 0 Å². The van der Waals surface area contributed by atoms with Gasteiger partial charge in [0.15, 0.2) is 0 Å². The molecule has 0 fully saturated rings. The Bertz CT molecular complexity index is 132. The highest BCUT2D eigenvalue weighted by Gasteiger charge is 2.04. The summed E-state index contributed by atoms with van der Waals surface area (Å²) in [5.41, 5.74) is 1.22. The molecule has 0 aliphatic heterocycles. The molecule has 2 heteroatoms. The highest BCUT2D eigenvalue weighted by molar-refractivity contribution is 4.95. The third-order valence-electron chi connectivity index (χ3n) is 1.90. The van der Waals surface area contributed by atoms with E-state index in [2.05, 4.69) is 25.7 Å². The van der Waals surface area contributed by atoms with Crippen LogP contribution < -0.4 is 5.32 Å². The monoisotopic (exact) mass is 171 g/mol. The van der Waals surface area contributed by atoms with E-state index in [1.54, 1.807) is 0 Å². The van der Waals surface area contributed by atoms with Crippen molar-refractivity contribution in [3.8, 4) is 0 Å². The summed E-state index contributed by atoms with van der Waals surface area (Å²) < 4.78 is 0. The van der Waals surface area contributed by atoms with Gasteiger partial charge in [0.05, 0.1) is 6.10 Å². The minimum atomic E-state index is -0.220. The minimum absolute atomic E-state index is 0.220. The SMILES string of the molecule is C=C(CC)CNC(C)CC(C)O. The van der Waals surface area contributed by atoms with Gasteiger partial charge in [0.1, 0.15) is 0 Å². The second-order valence-electron chi connectivity index (χ2n) is 3.47. The van der Waals surface area contributed by atoms with Crippen molar-refractivity contribution in [1.82, 2.24) is 5.32 Å². The molecule has 0 spiro atoms. The van der Waals surface area contributed by atoms with E-state index in [1.165, 1.54) is 5.57 Å². The van der Waals surface area contributed by atoms with E-state index in [-0.39, 0.29) is 6.10 Å². The highest BCUT2D eigenvalue weighted by atomic mass is 16.3. The third kappa shape index (κ3) is 6.38. The fraction of sp³-hybridized carbons (Fsp3) is 0.800. The maximum atomic E-state index is 9.08. The van der Waals surface area contributed by atoms with E-state index in [0.29, 0.717) is 6.04 Å². The molecule has 12 heavy (non-hydrogen) atoms. The maximum absolute atomic E-state index is 9.08. The molecule has 0 aromatic heterocycles. The van der Waals surface area contributed by atoms with Gasteiger partial charge in [0.25, 0.3) is 0 Å². The summed E-state index contributed by atoms with van der Waals surface area (Å²) in [7, 11) is 0. The fourth-order valence-electron chi connectivity index (χ4n) is 1.04. The van der Waals surface area contributed by atoms with Crippen LogP contribution in [-0.4, -0.2) is 23.8 Å². The first kappa shape index (κ1) is 11.7. The highest BCUT2D eigenvalue weighted by Crippen LogP contribution is 1.99. The lowest BCUT2D eigenvalue weighted by atomic mass is 10.1. The summed E-state index contributed by atoms with van der Waals surface area (Å²) in [4.78, 5) is 0. The molecule has 0 radical (unpaired) electrons. The van der Waals surface area contributed by atoms with Crippen molar-refractivity contribution in [1.29, 1.82) is 0 Å². The predicted octanol–water partition coefficient (Wildman–Crippen LogP) is 1.70.